The summed E-state index contributed by atoms with van der Waals surface area (Å²) >= 11 is 6.11. The Kier molecular flexibility index (Phi) is 3.51. The third-order valence-electron chi connectivity index (χ3n) is 2.89. The highest BCUT2D eigenvalue weighted by atomic mass is 35.5. The molecule has 2 aromatic rings. The van der Waals surface area contributed by atoms with E-state index in [2.05, 4.69) is 0 Å². The summed E-state index contributed by atoms with van der Waals surface area (Å²) in [6.45, 7) is 1.81. The highest BCUT2D eigenvalue weighted by Gasteiger charge is 2.23. The third kappa shape index (κ3) is 2.87. The Bertz CT molecular complexity index is 491. The van der Waals surface area contributed by atoms with Gasteiger partial charge in [-0.3, -0.25) is 0 Å². The normalized spacial score (nSPS) is 14.3. The molecule has 17 heavy (non-hydrogen) atoms. The van der Waals surface area contributed by atoms with Crippen molar-refractivity contribution in [2.75, 3.05) is 0 Å². The van der Waals surface area contributed by atoms with Crippen LogP contribution in [0.3, 0.4) is 0 Å². The van der Waals surface area contributed by atoms with E-state index in [0.29, 0.717) is 11.4 Å². The Balaban J connectivity index is 2.27. The molecule has 1 atom stereocenters. The van der Waals surface area contributed by atoms with E-state index in [1.54, 1.807) is 0 Å². The van der Waals surface area contributed by atoms with Crippen molar-refractivity contribution in [3.8, 4) is 0 Å². The van der Waals surface area contributed by atoms with Gasteiger partial charge in [-0.25, -0.2) is 0 Å². The van der Waals surface area contributed by atoms with Crippen molar-refractivity contribution in [2.24, 2.45) is 0 Å². The Hall–Kier alpha value is -1.31. The average molecular weight is 247 g/mol. The van der Waals surface area contributed by atoms with Gasteiger partial charge in [0.15, 0.2) is 0 Å². The fourth-order valence-corrected chi connectivity index (χ4v) is 2.11. The van der Waals surface area contributed by atoms with Crippen molar-refractivity contribution in [1.29, 1.82) is 0 Å². The van der Waals surface area contributed by atoms with Crippen LogP contribution in [0.15, 0.2) is 54.6 Å². The van der Waals surface area contributed by atoms with Crippen LogP contribution < -0.4 is 0 Å². The maximum atomic E-state index is 10.5. The minimum absolute atomic E-state index is 0.511. The average Bonchev–Trinajstić information content (AvgIpc) is 2.33. The van der Waals surface area contributed by atoms with Crippen LogP contribution in [0.25, 0.3) is 0 Å². The van der Waals surface area contributed by atoms with Gasteiger partial charge in [0, 0.05) is 11.4 Å². The van der Waals surface area contributed by atoms with Gasteiger partial charge in [0.2, 0.25) is 0 Å². The molecule has 0 aromatic heterocycles. The molecule has 0 fully saturated rings. The summed E-state index contributed by atoms with van der Waals surface area (Å²) in [5.41, 5.74) is 0.967. The van der Waals surface area contributed by atoms with Crippen LogP contribution in [0, 0.1) is 0 Å². The van der Waals surface area contributed by atoms with E-state index in [1.165, 1.54) is 0 Å². The zero-order chi connectivity index (χ0) is 12.3. The highest BCUT2D eigenvalue weighted by molar-refractivity contribution is 6.31. The molecule has 0 radical (unpaired) electrons. The molecular weight excluding hydrogens is 232 g/mol. The number of rotatable bonds is 3. The molecule has 0 saturated heterocycles. The molecule has 2 aromatic carbocycles. The lowest BCUT2D eigenvalue weighted by atomic mass is 9.89. The lowest BCUT2D eigenvalue weighted by Crippen LogP contribution is -2.24. The predicted molar refractivity (Wildman–Crippen MR) is 71.2 cm³/mol. The monoisotopic (exact) mass is 246 g/mol. The summed E-state index contributed by atoms with van der Waals surface area (Å²) in [7, 11) is 0. The zero-order valence-electron chi connectivity index (χ0n) is 9.73. The van der Waals surface area contributed by atoms with E-state index < -0.39 is 5.60 Å². The molecule has 0 aliphatic carbocycles. The van der Waals surface area contributed by atoms with Crippen LogP contribution in [0.1, 0.15) is 18.1 Å². The molecule has 1 nitrogen and oxygen atoms in total. The molecule has 2 heteroatoms. The molecule has 0 amide bonds. The van der Waals surface area contributed by atoms with Crippen LogP contribution in [-0.2, 0) is 12.0 Å². The van der Waals surface area contributed by atoms with Crippen molar-refractivity contribution in [3.63, 3.8) is 0 Å². The molecule has 0 aliphatic rings. The van der Waals surface area contributed by atoms with Crippen LogP contribution >= 0.6 is 11.6 Å². The SMILES string of the molecule is CC(O)(Cc1ccccc1Cl)c1ccccc1. The largest absolute Gasteiger partial charge is 0.385 e. The Morgan fingerprint density at radius 2 is 1.59 bits per heavy atom. The number of benzene rings is 2. The maximum absolute atomic E-state index is 10.5. The molecule has 0 aliphatic heterocycles. The van der Waals surface area contributed by atoms with Gasteiger partial charge in [0.05, 0.1) is 5.60 Å². The van der Waals surface area contributed by atoms with E-state index >= 15 is 0 Å². The van der Waals surface area contributed by atoms with Gasteiger partial charge in [-0.2, -0.15) is 0 Å². The quantitative estimate of drug-likeness (QED) is 0.874. The second-order valence-electron chi connectivity index (χ2n) is 4.41. The van der Waals surface area contributed by atoms with Crippen LogP contribution in [0.2, 0.25) is 5.02 Å². The van der Waals surface area contributed by atoms with Gasteiger partial charge in [-0.15, -0.1) is 0 Å². The van der Waals surface area contributed by atoms with Crippen LogP contribution in [0.4, 0.5) is 0 Å². The minimum atomic E-state index is -0.897. The number of hydrogen-bond donors (Lipinski definition) is 1. The van der Waals surface area contributed by atoms with Crippen LogP contribution in [0.5, 0.6) is 0 Å². The fraction of sp³-hybridized carbons (Fsp3) is 0.200. The fourth-order valence-electron chi connectivity index (χ4n) is 1.91. The van der Waals surface area contributed by atoms with Gasteiger partial charge in [-0.1, -0.05) is 60.1 Å². The molecule has 1 unspecified atom stereocenters. The summed E-state index contributed by atoms with van der Waals surface area (Å²) in [5, 5.41) is 11.2. The topological polar surface area (TPSA) is 20.2 Å². The summed E-state index contributed by atoms with van der Waals surface area (Å²) in [6, 6.07) is 17.3. The molecule has 0 heterocycles. The zero-order valence-corrected chi connectivity index (χ0v) is 10.5. The standard InChI is InChI=1S/C15H15ClO/c1-15(17,13-8-3-2-4-9-13)11-12-7-5-6-10-14(12)16/h2-10,17H,11H2,1H3. The molecule has 0 bridgehead atoms. The Morgan fingerprint density at radius 1 is 1.00 bits per heavy atom. The summed E-state index contributed by atoms with van der Waals surface area (Å²) in [5.74, 6) is 0. The van der Waals surface area contributed by atoms with Crippen molar-refractivity contribution >= 4 is 11.6 Å². The van der Waals surface area contributed by atoms with Crippen molar-refractivity contribution in [2.45, 2.75) is 18.9 Å². The second-order valence-corrected chi connectivity index (χ2v) is 4.82. The summed E-state index contributed by atoms with van der Waals surface area (Å²) in [6.07, 6.45) is 0.511. The van der Waals surface area contributed by atoms with Crippen molar-refractivity contribution in [1.82, 2.24) is 0 Å². The predicted octanol–water partition coefficient (Wildman–Crippen LogP) is 3.79. The van der Waals surface area contributed by atoms with E-state index in [1.807, 2.05) is 61.5 Å². The second kappa shape index (κ2) is 4.91. The Labute approximate surface area is 107 Å². The van der Waals surface area contributed by atoms with E-state index in [9.17, 15) is 5.11 Å². The summed E-state index contributed by atoms with van der Waals surface area (Å²) < 4.78 is 0. The first kappa shape index (κ1) is 12.2. The molecule has 2 rings (SSSR count). The first-order valence-electron chi connectivity index (χ1n) is 5.61. The lowest BCUT2D eigenvalue weighted by molar-refractivity contribution is 0.0576. The van der Waals surface area contributed by atoms with Gasteiger partial charge in [0.1, 0.15) is 0 Å². The van der Waals surface area contributed by atoms with Gasteiger partial charge >= 0.3 is 0 Å². The van der Waals surface area contributed by atoms with E-state index in [0.717, 1.165) is 11.1 Å². The van der Waals surface area contributed by atoms with E-state index in [4.69, 9.17) is 11.6 Å². The number of aliphatic hydroxyl groups is 1. The van der Waals surface area contributed by atoms with Gasteiger partial charge in [0.25, 0.3) is 0 Å². The molecular formula is C15H15ClO. The molecule has 1 N–H and O–H groups in total. The number of halogens is 1. The van der Waals surface area contributed by atoms with Crippen molar-refractivity contribution < 1.29 is 5.11 Å². The van der Waals surface area contributed by atoms with Gasteiger partial charge in [-0.05, 0) is 24.1 Å². The smallest absolute Gasteiger partial charge is 0.0909 e. The minimum Gasteiger partial charge on any atom is -0.385 e. The molecule has 88 valence electrons. The number of hydrogen-bond acceptors (Lipinski definition) is 1. The molecule has 0 spiro atoms. The van der Waals surface area contributed by atoms with Gasteiger partial charge < -0.3 is 5.11 Å². The summed E-state index contributed by atoms with van der Waals surface area (Å²) in [4.78, 5) is 0. The lowest BCUT2D eigenvalue weighted by Gasteiger charge is -2.24. The van der Waals surface area contributed by atoms with Crippen LogP contribution in [-0.4, -0.2) is 5.11 Å². The van der Waals surface area contributed by atoms with E-state index in [-0.39, 0.29) is 0 Å². The highest BCUT2D eigenvalue weighted by Crippen LogP contribution is 2.28. The maximum Gasteiger partial charge on any atom is 0.0909 e. The van der Waals surface area contributed by atoms with Crippen molar-refractivity contribution in [3.05, 3.63) is 70.7 Å². The third-order valence-corrected chi connectivity index (χ3v) is 3.26. The first-order valence-corrected chi connectivity index (χ1v) is 5.99. The molecule has 0 saturated carbocycles. The Morgan fingerprint density at radius 3 is 2.24 bits per heavy atom. The first-order chi connectivity index (χ1) is 8.09.